The SMILES string of the molecule is O=C(O)CCCCc1cc2cc(CN[C@H](c3ccccc3)C(F)(F)F)ccc2nc1-c1ccccc1. The lowest BCUT2D eigenvalue weighted by atomic mass is 9.98. The van der Waals surface area contributed by atoms with E-state index in [1.165, 1.54) is 12.1 Å². The second kappa shape index (κ2) is 11.4. The molecule has 4 aromatic rings. The number of nitrogens with zero attached hydrogens (tertiary/aromatic N) is 1. The van der Waals surface area contributed by atoms with Crippen LogP contribution in [0.2, 0.25) is 0 Å². The summed E-state index contributed by atoms with van der Waals surface area (Å²) < 4.78 is 41.1. The Morgan fingerprint density at radius 3 is 2.28 bits per heavy atom. The fraction of sp³-hybridized carbons (Fsp3) is 0.241. The molecule has 0 radical (unpaired) electrons. The Labute approximate surface area is 207 Å². The van der Waals surface area contributed by atoms with Gasteiger partial charge in [-0.3, -0.25) is 10.1 Å². The van der Waals surface area contributed by atoms with E-state index in [-0.39, 0.29) is 18.5 Å². The van der Waals surface area contributed by atoms with Gasteiger partial charge in [-0.2, -0.15) is 13.2 Å². The number of hydrogen-bond acceptors (Lipinski definition) is 3. The van der Waals surface area contributed by atoms with E-state index >= 15 is 0 Å². The van der Waals surface area contributed by atoms with Crippen LogP contribution in [0, 0.1) is 0 Å². The molecule has 3 aromatic carbocycles. The van der Waals surface area contributed by atoms with E-state index in [1.54, 1.807) is 24.3 Å². The van der Waals surface area contributed by atoms with Crippen LogP contribution in [0.15, 0.2) is 84.9 Å². The molecule has 36 heavy (non-hydrogen) atoms. The Bertz CT molecular complexity index is 1310. The zero-order chi connectivity index (χ0) is 25.5. The van der Waals surface area contributed by atoms with Crippen LogP contribution >= 0.6 is 0 Å². The van der Waals surface area contributed by atoms with Crippen molar-refractivity contribution in [1.29, 1.82) is 0 Å². The molecule has 0 bridgehead atoms. The minimum absolute atomic E-state index is 0.0450. The Morgan fingerprint density at radius 2 is 1.61 bits per heavy atom. The van der Waals surface area contributed by atoms with Crippen LogP contribution in [-0.2, 0) is 17.8 Å². The van der Waals surface area contributed by atoms with Gasteiger partial charge in [0.1, 0.15) is 6.04 Å². The first-order valence-electron chi connectivity index (χ1n) is 11.9. The molecule has 0 aliphatic rings. The van der Waals surface area contributed by atoms with E-state index in [9.17, 15) is 18.0 Å². The Morgan fingerprint density at radius 1 is 0.917 bits per heavy atom. The lowest BCUT2D eigenvalue weighted by Gasteiger charge is -2.22. The number of nitrogens with one attached hydrogen (secondary N) is 1. The van der Waals surface area contributed by atoms with Gasteiger partial charge in [-0.05, 0) is 54.2 Å². The van der Waals surface area contributed by atoms with Crippen molar-refractivity contribution in [2.24, 2.45) is 0 Å². The van der Waals surface area contributed by atoms with E-state index in [0.717, 1.165) is 33.3 Å². The topological polar surface area (TPSA) is 62.2 Å². The summed E-state index contributed by atoms with van der Waals surface area (Å²) >= 11 is 0. The molecule has 0 unspecified atom stereocenters. The maximum Gasteiger partial charge on any atom is 0.407 e. The molecular formula is C29H27F3N2O2. The average molecular weight is 493 g/mol. The summed E-state index contributed by atoms with van der Waals surface area (Å²) in [6, 6.07) is 23.3. The zero-order valence-electron chi connectivity index (χ0n) is 19.6. The molecule has 0 saturated heterocycles. The van der Waals surface area contributed by atoms with Gasteiger partial charge in [-0.15, -0.1) is 0 Å². The van der Waals surface area contributed by atoms with Crippen molar-refractivity contribution in [2.75, 3.05) is 0 Å². The van der Waals surface area contributed by atoms with Gasteiger partial charge < -0.3 is 5.11 Å². The second-order valence-corrected chi connectivity index (χ2v) is 8.76. The van der Waals surface area contributed by atoms with Crippen LogP contribution in [0.1, 0.15) is 42.0 Å². The highest BCUT2D eigenvalue weighted by Crippen LogP contribution is 2.33. The quantitative estimate of drug-likeness (QED) is 0.232. The number of aromatic nitrogens is 1. The monoisotopic (exact) mass is 492 g/mol. The summed E-state index contributed by atoms with van der Waals surface area (Å²) in [5.74, 6) is -0.820. The van der Waals surface area contributed by atoms with Crippen molar-refractivity contribution in [1.82, 2.24) is 10.3 Å². The highest BCUT2D eigenvalue weighted by atomic mass is 19.4. The standard InChI is InChI=1S/C29H27F3N2O2/c30-29(31,32)28(22-11-5-2-6-12-22)33-19-20-15-16-25-24(17-20)18-23(13-7-8-14-26(35)36)27(34-25)21-9-3-1-4-10-21/h1-6,9-12,15-18,28,33H,7-8,13-14,19H2,(H,35,36)/t28-/m1/s1. The lowest BCUT2D eigenvalue weighted by molar-refractivity contribution is -0.158. The number of aliphatic carboxylic acids is 1. The van der Waals surface area contributed by atoms with E-state index < -0.39 is 18.2 Å². The second-order valence-electron chi connectivity index (χ2n) is 8.76. The third-order valence-corrected chi connectivity index (χ3v) is 6.06. The molecule has 0 fully saturated rings. The summed E-state index contributed by atoms with van der Waals surface area (Å²) in [6.45, 7) is 0.0450. The molecule has 0 saturated carbocycles. The van der Waals surface area contributed by atoms with Crippen molar-refractivity contribution in [2.45, 2.75) is 44.4 Å². The molecule has 4 nitrogen and oxygen atoms in total. The molecule has 1 atom stereocenters. The van der Waals surface area contributed by atoms with Gasteiger partial charge >= 0.3 is 12.1 Å². The van der Waals surface area contributed by atoms with Crippen molar-refractivity contribution in [3.8, 4) is 11.3 Å². The largest absolute Gasteiger partial charge is 0.481 e. The number of carboxylic acids is 1. The molecule has 0 aliphatic carbocycles. The van der Waals surface area contributed by atoms with E-state index in [0.29, 0.717) is 19.3 Å². The van der Waals surface area contributed by atoms with Crippen LogP contribution in [0.25, 0.3) is 22.2 Å². The molecule has 4 rings (SSSR count). The van der Waals surface area contributed by atoms with Crippen molar-refractivity contribution < 1.29 is 23.1 Å². The Hall–Kier alpha value is -3.71. The number of unbranched alkanes of at least 4 members (excludes halogenated alkanes) is 1. The van der Waals surface area contributed by atoms with Crippen molar-refractivity contribution in [3.63, 3.8) is 0 Å². The molecule has 0 amide bonds. The molecule has 7 heteroatoms. The van der Waals surface area contributed by atoms with Crippen molar-refractivity contribution >= 4 is 16.9 Å². The van der Waals surface area contributed by atoms with Crippen LogP contribution in [0.5, 0.6) is 0 Å². The Kier molecular flexibility index (Phi) is 8.00. The minimum atomic E-state index is -4.42. The smallest absolute Gasteiger partial charge is 0.407 e. The van der Waals surface area contributed by atoms with Crippen LogP contribution in [-0.4, -0.2) is 22.2 Å². The highest BCUT2D eigenvalue weighted by Gasteiger charge is 2.40. The van der Waals surface area contributed by atoms with Gasteiger partial charge in [0.2, 0.25) is 0 Å². The number of fused-ring (bicyclic) bond motifs is 1. The predicted octanol–water partition coefficient (Wildman–Crippen LogP) is 7.09. The fourth-order valence-corrected chi connectivity index (χ4v) is 4.30. The number of pyridine rings is 1. The number of carbonyl (C=O) groups is 1. The Balaban J connectivity index is 1.60. The van der Waals surface area contributed by atoms with Crippen LogP contribution in [0.4, 0.5) is 13.2 Å². The fourth-order valence-electron chi connectivity index (χ4n) is 4.30. The summed E-state index contributed by atoms with van der Waals surface area (Å²) in [7, 11) is 0. The van der Waals surface area contributed by atoms with Gasteiger partial charge in [-0.25, -0.2) is 4.98 Å². The third kappa shape index (κ3) is 6.49. The molecule has 186 valence electrons. The lowest BCUT2D eigenvalue weighted by Crippen LogP contribution is -2.33. The summed E-state index contributed by atoms with van der Waals surface area (Å²) in [6.07, 6.45) is -2.39. The number of alkyl halides is 3. The minimum Gasteiger partial charge on any atom is -0.481 e. The molecule has 0 aliphatic heterocycles. The maximum atomic E-state index is 13.7. The van der Waals surface area contributed by atoms with E-state index in [1.807, 2.05) is 48.5 Å². The predicted molar refractivity (Wildman–Crippen MR) is 134 cm³/mol. The summed E-state index contributed by atoms with van der Waals surface area (Å²) in [5.41, 5.74) is 4.44. The molecule has 1 aromatic heterocycles. The summed E-state index contributed by atoms with van der Waals surface area (Å²) in [5, 5.41) is 12.4. The number of halogens is 3. The number of hydrogen-bond donors (Lipinski definition) is 2. The number of rotatable bonds is 10. The van der Waals surface area contributed by atoms with E-state index in [4.69, 9.17) is 10.1 Å². The normalized spacial score (nSPS) is 12.5. The van der Waals surface area contributed by atoms with Gasteiger partial charge in [0.05, 0.1) is 11.2 Å². The number of benzene rings is 3. The third-order valence-electron chi connectivity index (χ3n) is 6.06. The summed E-state index contributed by atoms with van der Waals surface area (Å²) in [4.78, 5) is 15.8. The number of carboxylic acid groups (broad SMARTS) is 1. The average Bonchev–Trinajstić information content (AvgIpc) is 2.86. The van der Waals surface area contributed by atoms with Gasteiger partial charge in [-0.1, -0.05) is 66.7 Å². The first-order valence-corrected chi connectivity index (χ1v) is 11.9. The van der Waals surface area contributed by atoms with Gasteiger partial charge in [0.15, 0.2) is 0 Å². The molecule has 2 N–H and O–H groups in total. The molecular weight excluding hydrogens is 465 g/mol. The van der Waals surface area contributed by atoms with Crippen molar-refractivity contribution in [3.05, 3.63) is 102 Å². The van der Waals surface area contributed by atoms with Crippen LogP contribution < -0.4 is 5.32 Å². The first-order chi connectivity index (χ1) is 17.3. The van der Waals surface area contributed by atoms with Gasteiger partial charge in [0.25, 0.3) is 0 Å². The number of aryl methyl sites for hydroxylation is 1. The maximum absolute atomic E-state index is 13.7. The highest BCUT2D eigenvalue weighted by molar-refractivity contribution is 5.84. The molecule has 0 spiro atoms. The van der Waals surface area contributed by atoms with Crippen LogP contribution in [0.3, 0.4) is 0 Å². The first kappa shape index (κ1) is 25.4. The molecule has 1 heterocycles. The van der Waals surface area contributed by atoms with E-state index in [2.05, 4.69) is 5.32 Å². The van der Waals surface area contributed by atoms with Gasteiger partial charge in [0, 0.05) is 23.9 Å². The zero-order valence-corrected chi connectivity index (χ0v) is 19.6.